The average molecular weight is 507 g/mol. The van der Waals surface area contributed by atoms with Gasteiger partial charge in [0.15, 0.2) is 5.78 Å². The molecular formula is C14H8BrIN2O2S2. The molecule has 1 fully saturated rings. The number of hydrogen-bond acceptors (Lipinski definition) is 6. The van der Waals surface area contributed by atoms with Crippen LogP contribution < -0.4 is 0 Å². The molecule has 0 spiro atoms. The van der Waals surface area contributed by atoms with E-state index in [1.54, 1.807) is 29.8 Å². The largest absolute Gasteiger partial charge is 0.506 e. The van der Waals surface area contributed by atoms with Gasteiger partial charge in [-0.25, -0.2) is 4.98 Å². The van der Waals surface area contributed by atoms with E-state index in [0.29, 0.717) is 19.0 Å². The van der Waals surface area contributed by atoms with Crippen molar-refractivity contribution in [1.29, 1.82) is 5.41 Å². The van der Waals surface area contributed by atoms with Crippen molar-refractivity contribution in [3.05, 3.63) is 47.2 Å². The van der Waals surface area contributed by atoms with Crippen LogP contribution in [-0.2, 0) is 4.79 Å². The van der Waals surface area contributed by atoms with E-state index in [1.165, 1.54) is 11.3 Å². The predicted molar refractivity (Wildman–Crippen MR) is 102 cm³/mol. The van der Waals surface area contributed by atoms with Crippen molar-refractivity contribution in [2.24, 2.45) is 0 Å². The summed E-state index contributed by atoms with van der Waals surface area (Å²) in [5.74, 6) is -0.613. The van der Waals surface area contributed by atoms with Gasteiger partial charge in [-0.05, 0) is 40.8 Å². The minimum absolute atomic E-state index is 0.133. The van der Waals surface area contributed by atoms with Crippen LogP contribution in [0.15, 0.2) is 33.1 Å². The molecule has 1 aromatic heterocycles. The van der Waals surface area contributed by atoms with Crippen LogP contribution >= 0.6 is 61.6 Å². The molecule has 1 saturated heterocycles. The molecule has 0 amide bonds. The van der Waals surface area contributed by atoms with Gasteiger partial charge >= 0.3 is 0 Å². The number of aromatic nitrogens is 1. The Morgan fingerprint density at radius 2 is 2.23 bits per heavy atom. The van der Waals surface area contributed by atoms with Gasteiger partial charge in [0.1, 0.15) is 16.7 Å². The van der Waals surface area contributed by atoms with Gasteiger partial charge in [0.25, 0.3) is 0 Å². The molecule has 2 heterocycles. The Hall–Kier alpha value is -0.710. The second-order valence-electron chi connectivity index (χ2n) is 4.47. The molecule has 112 valence electrons. The zero-order valence-electron chi connectivity index (χ0n) is 10.8. The molecule has 1 aromatic carbocycles. The fourth-order valence-corrected chi connectivity index (χ4v) is 5.37. The molecule has 22 heavy (non-hydrogen) atoms. The van der Waals surface area contributed by atoms with Crippen LogP contribution in [0.2, 0.25) is 0 Å². The van der Waals surface area contributed by atoms with Gasteiger partial charge < -0.3 is 5.11 Å². The van der Waals surface area contributed by atoms with Crippen molar-refractivity contribution >= 4 is 78.5 Å². The molecule has 0 bridgehead atoms. The molecule has 2 N–H and O–H groups in total. The maximum Gasteiger partial charge on any atom is 0.186 e. The lowest BCUT2D eigenvalue weighted by Crippen LogP contribution is -2.11. The van der Waals surface area contributed by atoms with Gasteiger partial charge in [-0.2, -0.15) is 0 Å². The number of hydrogen-bond donors (Lipinski definition) is 2. The highest BCUT2D eigenvalue weighted by Crippen LogP contribution is 2.42. The molecule has 0 aliphatic carbocycles. The number of aromatic hydroxyl groups is 1. The van der Waals surface area contributed by atoms with Crippen molar-refractivity contribution in [1.82, 2.24) is 4.98 Å². The van der Waals surface area contributed by atoms with E-state index in [-0.39, 0.29) is 16.6 Å². The summed E-state index contributed by atoms with van der Waals surface area (Å²) < 4.78 is 1.52. The van der Waals surface area contributed by atoms with Gasteiger partial charge in [-0.1, -0.05) is 27.7 Å². The Morgan fingerprint density at radius 3 is 2.91 bits per heavy atom. The van der Waals surface area contributed by atoms with E-state index in [4.69, 9.17) is 5.41 Å². The van der Waals surface area contributed by atoms with Gasteiger partial charge in [-0.3, -0.25) is 10.2 Å². The lowest BCUT2D eigenvalue weighted by Gasteiger charge is -2.04. The van der Waals surface area contributed by atoms with E-state index in [9.17, 15) is 9.90 Å². The summed E-state index contributed by atoms with van der Waals surface area (Å²) in [7, 11) is 0. The number of halogens is 2. The number of benzene rings is 1. The minimum Gasteiger partial charge on any atom is -0.506 e. The first-order valence-electron chi connectivity index (χ1n) is 6.07. The fraction of sp³-hybridized carbons (Fsp3) is 0.0714. The molecule has 3 rings (SSSR count). The zero-order chi connectivity index (χ0) is 15.9. The summed E-state index contributed by atoms with van der Waals surface area (Å²) in [5, 5.41) is 20.9. The SMILES string of the molecule is N=C1S/C(=C\c2cc(Br)cc(I)c2O)C(=O)[C@@H]1c1nccs1. The summed E-state index contributed by atoms with van der Waals surface area (Å²) in [6.45, 7) is 0. The number of carbonyl (C=O) groups is 1. The molecule has 8 heteroatoms. The van der Waals surface area contributed by atoms with E-state index in [2.05, 4.69) is 20.9 Å². The van der Waals surface area contributed by atoms with Crippen molar-refractivity contribution < 1.29 is 9.90 Å². The molecule has 0 radical (unpaired) electrons. The highest BCUT2D eigenvalue weighted by molar-refractivity contribution is 14.1. The quantitative estimate of drug-likeness (QED) is 0.460. The Morgan fingerprint density at radius 1 is 1.45 bits per heavy atom. The van der Waals surface area contributed by atoms with E-state index >= 15 is 0 Å². The smallest absolute Gasteiger partial charge is 0.186 e. The number of carbonyl (C=O) groups excluding carboxylic acids is 1. The molecule has 1 aliphatic rings. The number of phenols is 1. The van der Waals surface area contributed by atoms with Crippen LogP contribution in [-0.4, -0.2) is 20.9 Å². The van der Waals surface area contributed by atoms with Gasteiger partial charge in [0.2, 0.25) is 0 Å². The van der Waals surface area contributed by atoms with Crippen LogP contribution in [0.1, 0.15) is 16.5 Å². The number of phenolic OH excluding ortho intramolecular Hbond substituents is 1. The average Bonchev–Trinajstić information content (AvgIpc) is 3.05. The molecular weight excluding hydrogens is 499 g/mol. The van der Waals surface area contributed by atoms with Crippen molar-refractivity contribution in [2.75, 3.05) is 0 Å². The molecule has 2 aromatic rings. The van der Waals surface area contributed by atoms with Crippen molar-refractivity contribution in [3.8, 4) is 5.75 Å². The monoisotopic (exact) mass is 506 g/mol. The maximum atomic E-state index is 12.5. The van der Waals surface area contributed by atoms with Crippen molar-refractivity contribution in [2.45, 2.75) is 5.92 Å². The maximum absolute atomic E-state index is 12.5. The number of rotatable bonds is 2. The predicted octanol–water partition coefficient (Wildman–Crippen LogP) is 4.63. The molecule has 1 atom stereocenters. The number of ketones is 1. The third-order valence-electron chi connectivity index (χ3n) is 3.03. The lowest BCUT2D eigenvalue weighted by atomic mass is 10.0. The van der Waals surface area contributed by atoms with Gasteiger partial charge in [0.05, 0.1) is 13.5 Å². The number of allylic oxidation sites excluding steroid dienone is 1. The van der Waals surface area contributed by atoms with Gasteiger partial charge in [-0.15, -0.1) is 11.3 Å². The fourth-order valence-electron chi connectivity index (χ4n) is 2.03. The molecule has 4 nitrogen and oxygen atoms in total. The highest BCUT2D eigenvalue weighted by Gasteiger charge is 2.38. The number of Topliss-reactive ketones (excluding diaryl/α,β-unsaturated/α-hetero) is 1. The van der Waals surface area contributed by atoms with Crippen LogP contribution in [0.5, 0.6) is 5.75 Å². The zero-order valence-corrected chi connectivity index (χ0v) is 16.2. The van der Waals surface area contributed by atoms with Crippen molar-refractivity contribution in [3.63, 3.8) is 0 Å². The molecule has 0 saturated carbocycles. The lowest BCUT2D eigenvalue weighted by molar-refractivity contribution is -0.114. The normalized spacial score (nSPS) is 20.1. The third-order valence-corrected chi connectivity index (χ3v) is 6.14. The number of thioether (sulfide) groups is 1. The number of nitrogens with zero attached hydrogens (tertiary/aromatic N) is 1. The minimum atomic E-state index is -0.607. The Labute approximate surface area is 156 Å². The second-order valence-corrected chi connectivity index (χ2v) is 8.56. The standard InChI is InChI=1S/C14H8BrIN2O2S2/c15-7-3-6(11(19)8(16)5-7)4-9-12(20)10(13(17)22-9)14-18-1-2-21-14/h1-5,10,17,19H/b9-4-,17-13?/t10-/m0/s1. The first-order valence-corrected chi connectivity index (χ1v) is 9.63. The highest BCUT2D eigenvalue weighted by atomic mass is 127. The first kappa shape index (κ1) is 16.2. The Bertz CT molecular complexity index is 805. The van der Waals surface area contributed by atoms with Gasteiger partial charge in [0, 0.05) is 21.6 Å². The summed E-state index contributed by atoms with van der Waals surface area (Å²) >= 11 is 7.91. The van der Waals surface area contributed by atoms with Crippen LogP contribution in [0.3, 0.4) is 0 Å². The number of thiazole rings is 1. The first-order chi connectivity index (χ1) is 10.5. The summed E-state index contributed by atoms with van der Waals surface area (Å²) in [6.07, 6.45) is 3.27. The van der Waals surface area contributed by atoms with E-state index in [0.717, 1.165) is 16.2 Å². The summed E-state index contributed by atoms with van der Waals surface area (Å²) in [4.78, 5) is 17.1. The summed E-state index contributed by atoms with van der Waals surface area (Å²) in [5.41, 5.74) is 0.558. The number of nitrogens with one attached hydrogen (secondary N) is 1. The molecule has 0 unspecified atom stereocenters. The molecule has 1 aliphatic heterocycles. The van der Waals surface area contributed by atoms with E-state index < -0.39 is 5.92 Å². The second kappa shape index (κ2) is 6.42. The summed E-state index contributed by atoms with van der Waals surface area (Å²) in [6, 6.07) is 3.54. The third kappa shape index (κ3) is 3.01. The van der Waals surface area contributed by atoms with Crippen LogP contribution in [0.25, 0.3) is 6.08 Å². The van der Waals surface area contributed by atoms with Crippen LogP contribution in [0.4, 0.5) is 0 Å². The Kier molecular flexibility index (Phi) is 4.72. The van der Waals surface area contributed by atoms with E-state index in [1.807, 2.05) is 22.6 Å². The van der Waals surface area contributed by atoms with Crippen LogP contribution in [0, 0.1) is 8.98 Å². The Balaban J connectivity index is 2.00. The topological polar surface area (TPSA) is 74.0 Å².